The average molecular weight is 160 g/mol. The highest BCUT2D eigenvalue weighted by atomic mass is 19.1. The fourth-order valence-electron chi connectivity index (χ4n) is 1.61. The molecule has 66 valence electrons. The summed E-state index contributed by atoms with van der Waals surface area (Å²) in [5.41, 5.74) is 5.63. The summed E-state index contributed by atoms with van der Waals surface area (Å²) in [5.74, 6) is 0.724. The number of hydrogen-bond acceptors (Lipinski definition) is 2. The second-order valence-corrected chi connectivity index (χ2v) is 3.55. The summed E-state index contributed by atoms with van der Waals surface area (Å²) in [5, 5.41) is 0. The van der Waals surface area contributed by atoms with Crippen LogP contribution in [0.1, 0.15) is 12.8 Å². The first-order valence-electron chi connectivity index (χ1n) is 4.22. The topological polar surface area (TPSA) is 29.3 Å². The zero-order valence-corrected chi connectivity index (χ0v) is 7.09. The SMILES string of the molecule is CN(CCF)CC1CC(N)C1. The van der Waals surface area contributed by atoms with Crippen LogP contribution >= 0.6 is 0 Å². The Labute approximate surface area is 67.6 Å². The number of nitrogens with two attached hydrogens (primary N) is 1. The molecule has 0 unspecified atom stereocenters. The van der Waals surface area contributed by atoms with Crippen LogP contribution in [0.3, 0.4) is 0 Å². The number of alkyl halides is 1. The Morgan fingerprint density at radius 1 is 1.55 bits per heavy atom. The number of nitrogens with zero attached hydrogens (tertiary/aromatic N) is 1. The summed E-state index contributed by atoms with van der Waals surface area (Å²) < 4.78 is 11.8. The largest absolute Gasteiger partial charge is 0.328 e. The van der Waals surface area contributed by atoms with Gasteiger partial charge in [-0.15, -0.1) is 0 Å². The van der Waals surface area contributed by atoms with Gasteiger partial charge in [-0.25, -0.2) is 4.39 Å². The van der Waals surface area contributed by atoms with Gasteiger partial charge >= 0.3 is 0 Å². The standard InChI is InChI=1S/C8H17FN2/c1-11(3-2-9)6-7-4-8(10)5-7/h7-8H,2-6,10H2,1H3. The molecule has 1 rings (SSSR count). The first-order chi connectivity index (χ1) is 5.22. The molecule has 0 saturated heterocycles. The molecule has 0 aliphatic heterocycles. The molecule has 0 amide bonds. The highest BCUT2D eigenvalue weighted by Gasteiger charge is 2.26. The van der Waals surface area contributed by atoms with E-state index in [4.69, 9.17) is 5.73 Å². The fourth-order valence-corrected chi connectivity index (χ4v) is 1.61. The van der Waals surface area contributed by atoms with Gasteiger partial charge in [0.05, 0.1) is 0 Å². The van der Waals surface area contributed by atoms with Crippen molar-refractivity contribution in [2.75, 3.05) is 26.8 Å². The monoisotopic (exact) mass is 160 g/mol. The van der Waals surface area contributed by atoms with E-state index in [2.05, 4.69) is 0 Å². The van der Waals surface area contributed by atoms with Crippen LogP contribution < -0.4 is 5.73 Å². The summed E-state index contributed by atoms with van der Waals surface area (Å²) in [6, 6.07) is 0.416. The molecule has 0 atom stereocenters. The van der Waals surface area contributed by atoms with Crippen molar-refractivity contribution in [1.29, 1.82) is 0 Å². The Kier molecular flexibility index (Phi) is 3.27. The zero-order chi connectivity index (χ0) is 8.27. The maximum atomic E-state index is 11.8. The van der Waals surface area contributed by atoms with E-state index in [0.29, 0.717) is 12.6 Å². The summed E-state index contributed by atoms with van der Waals surface area (Å²) in [6.07, 6.45) is 2.24. The number of halogens is 1. The molecule has 0 radical (unpaired) electrons. The Bertz CT molecular complexity index is 110. The Morgan fingerprint density at radius 2 is 2.18 bits per heavy atom. The third kappa shape index (κ3) is 2.75. The van der Waals surface area contributed by atoms with Crippen molar-refractivity contribution in [1.82, 2.24) is 4.90 Å². The van der Waals surface area contributed by atoms with Crippen molar-refractivity contribution < 1.29 is 4.39 Å². The van der Waals surface area contributed by atoms with E-state index in [9.17, 15) is 4.39 Å². The lowest BCUT2D eigenvalue weighted by Crippen LogP contribution is -2.42. The van der Waals surface area contributed by atoms with Gasteiger partial charge in [0.25, 0.3) is 0 Å². The molecule has 1 saturated carbocycles. The molecule has 0 aromatic heterocycles. The lowest BCUT2D eigenvalue weighted by molar-refractivity contribution is 0.175. The van der Waals surface area contributed by atoms with E-state index >= 15 is 0 Å². The van der Waals surface area contributed by atoms with E-state index in [1.165, 1.54) is 0 Å². The van der Waals surface area contributed by atoms with Crippen molar-refractivity contribution in [2.24, 2.45) is 11.7 Å². The van der Waals surface area contributed by atoms with Gasteiger partial charge in [-0.2, -0.15) is 0 Å². The molecule has 0 aromatic carbocycles. The van der Waals surface area contributed by atoms with Crippen LogP contribution in [0.5, 0.6) is 0 Å². The Balaban J connectivity index is 2.02. The van der Waals surface area contributed by atoms with E-state index in [1.807, 2.05) is 11.9 Å². The second kappa shape index (κ2) is 4.02. The fraction of sp³-hybridized carbons (Fsp3) is 1.00. The van der Waals surface area contributed by atoms with E-state index in [1.54, 1.807) is 0 Å². The molecule has 0 aromatic rings. The van der Waals surface area contributed by atoms with E-state index in [-0.39, 0.29) is 6.67 Å². The Hall–Kier alpha value is -0.150. The summed E-state index contributed by atoms with van der Waals surface area (Å²) >= 11 is 0. The van der Waals surface area contributed by atoms with E-state index < -0.39 is 0 Å². The third-order valence-electron chi connectivity index (χ3n) is 2.31. The molecule has 1 aliphatic carbocycles. The summed E-state index contributed by atoms with van der Waals surface area (Å²) in [7, 11) is 1.96. The molecule has 2 nitrogen and oxygen atoms in total. The van der Waals surface area contributed by atoms with Gasteiger partial charge in [-0.05, 0) is 25.8 Å². The summed E-state index contributed by atoms with van der Waals surface area (Å²) in [6.45, 7) is 1.33. The van der Waals surface area contributed by atoms with Gasteiger partial charge in [0, 0.05) is 19.1 Å². The van der Waals surface area contributed by atoms with Crippen molar-refractivity contribution in [3.05, 3.63) is 0 Å². The summed E-state index contributed by atoms with van der Waals surface area (Å²) in [4.78, 5) is 2.04. The molecule has 0 spiro atoms. The van der Waals surface area contributed by atoms with Crippen molar-refractivity contribution in [3.8, 4) is 0 Å². The third-order valence-corrected chi connectivity index (χ3v) is 2.31. The second-order valence-electron chi connectivity index (χ2n) is 3.55. The van der Waals surface area contributed by atoms with Crippen LogP contribution in [-0.2, 0) is 0 Å². The average Bonchev–Trinajstić information content (AvgIpc) is 1.85. The van der Waals surface area contributed by atoms with Crippen LogP contribution in [0.25, 0.3) is 0 Å². The minimum atomic E-state index is -0.241. The van der Waals surface area contributed by atoms with Gasteiger partial charge in [-0.1, -0.05) is 0 Å². The van der Waals surface area contributed by atoms with Gasteiger partial charge in [0.1, 0.15) is 6.67 Å². The predicted octanol–water partition coefficient (Wildman–Crippen LogP) is 0.625. The van der Waals surface area contributed by atoms with Crippen LogP contribution in [-0.4, -0.2) is 37.8 Å². The lowest BCUT2D eigenvalue weighted by atomic mass is 9.81. The minimum absolute atomic E-state index is 0.241. The molecule has 0 heterocycles. The molecule has 0 bridgehead atoms. The maximum absolute atomic E-state index is 11.8. The van der Waals surface area contributed by atoms with Crippen LogP contribution in [0.4, 0.5) is 4.39 Å². The van der Waals surface area contributed by atoms with Gasteiger partial charge in [0.15, 0.2) is 0 Å². The molecule has 1 fully saturated rings. The molecule has 2 N–H and O–H groups in total. The quantitative estimate of drug-likeness (QED) is 0.653. The van der Waals surface area contributed by atoms with Crippen molar-refractivity contribution >= 4 is 0 Å². The zero-order valence-electron chi connectivity index (χ0n) is 7.09. The van der Waals surface area contributed by atoms with Crippen LogP contribution in [0.15, 0.2) is 0 Å². The first kappa shape index (κ1) is 8.94. The number of rotatable bonds is 4. The number of hydrogen-bond donors (Lipinski definition) is 1. The van der Waals surface area contributed by atoms with E-state index in [0.717, 1.165) is 25.3 Å². The van der Waals surface area contributed by atoms with Crippen molar-refractivity contribution in [3.63, 3.8) is 0 Å². The van der Waals surface area contributed by atoms with Gasteiger partial charge < -0.3 is 10.6 Å². The minimum Gasteiger partial charge on any atom is -0.328 e. The highest BCUT2D eigenvalue weighted by Crippen LogP contribution is 2.25. The first-order valence-corrected chi connectivity index (χ1v) is 4.22. The predicted molar refractivity (Wildman–Crippen MR) is 44.2 cm³/mol. The Morgan fingerprint density at radius 3 is 2.64 bits per heavy atom. The maximum Gasteiger partial charge on any atom is 0.102 e. The van der Waals surface area contributed by atoms with Crippen LogP contribution in [0, 0.1) is 5.92 Å². The van der Waals surface area contributed by atoms with Gasteiger partial charge in [0.2, 0.25) is 0 Å². The molecular formula is C8H17FN2. The van der Waals surface area contributed by atoms with Gasteiger partial charge in [-0.3, -0.25) is 0 Å². The molecule has 1 aliphatic rings. The van der Waals surface area contributed by atoms with Crippen LogP contribution in [0.2, 0.25) is 0 Å². The highest BCUT2D eigenvalue weighted by molar-refractivity contribution is 4.83. The molecular weight excluding hydrogens is 143 g/mol. The smallest absolute Gasteiger partial charge is 0.102 e. The molecule has 11 heavy (non-hydrogen) atoms. The normalized spacial score (nSPS) is 30.5. The molecule has 3 heteroatoms. The van der Waals surface area contributed by atoms with Crippen molar-refractivity contribution in [2.45, 2.75) is 18.9 Å². The lowest BCUT2D eigenvalue weighted by Gasteiger charge is -2.35.